The molecular weight excluding hydrogens is 218 g/mol. The number of benzene rings is 1. The highest BCUT2D eigenvalue weighted by molar-refractivity contribution is 5.35. The number of hydrogen-bond acceptors (Lipinski definition) is 1. The fraction of sp³-hybridized carbons (Fsp3) is 0.647. The third kappa shape index (κ3) is 1.80. The Balaban J connectivity index is 1.87. The summed E-state index contributed by atoms with van der Waals surface area (Å²) in [7, 11) is 2.10. The Labute approximate surface area is 111 Å². The Hall–Kier alpha value is -0.820. The van der Waals surface area contributed by atoms with Gasteiger partial charge in [-0.25, -0.2) is 0 Å². The first-order chi connectivity index (χ1) is 8.70. The summed E-state index contributed by atoms with van der Waals surface area (Å²) in [5.74, 6) is 0. The summed E-state index contributed by atoms with van der Waals surface area (Å²) >= 11 is 0. The lowest BCUT2D eigenvalue weighted by Gasteiger charge is -2.54. The Morgan fingerprint density at radius 3 is 2.17 bits per heavy atom. The second-order valence-corrected chi connectivity index (χ2v) is 6.63. The van der Waals surface area contributed by atoms with Crippen LogP contribution in [0.2, 0.25) is 0 Å². The molecule has 98 valence electrons. The first-order valence-corrected chi connectivity index (χ1v) is 7.41. The van der Waals surface area contributed by atoms with E-state index >= 15 is 0 Å². The molecule has 0 aromatic heterocycles. The maximum Gasteiger partial charge on any atom is 0.000482 e. The second-order valence-electron chi connectivity index (χ2n) is 6.63. The topological polar surface area (TPSA) is 12.0 Å². The molecule has 1 aromatic rings. The largest absolute Gasteiger partial charge is 0.319 e. The van der Waals surface area contributed by atoms with Crippen LogP contribution >= 0.6 is 0 Å². The highest BCUT2D eigenvalue weighted by Crippen LogP contribution is 2.57. The summed E-state index contributed by atoms with van der Waals surface area (Å²) in [6, 6.07) is 9.06. The summed E-state index contributed by atoms with van der Waals surface area (Å²) in [5, 5.41) is 3.42. The SMILES string of the molecule is CNCC12CCC(c3ccccc3C)(CC1)CC2. The molecule has 0 aliphatic heterocycles. The van der Waals surface area contributed by atoms with Crippen LogP contribution in [0.1, 0.15) is 49.7 Å². The van der Waals surface area contributed by atoms with Crippen LogP contribution in [-0.2, 0) is 5.41 Å². The maximum atomic E-state index is 3.42. The van der Waals surface area contributed by atoms with Crippen LogP contribution in [0.25, 0.3) is 0 Å². The Morgan fingerprint density at radius 2 is 1.61 bits per heavy atom. The first-order valence-electron chi connectivity index (χ1n) is 7.41. The van der Waals surface area contributed by atoms with Crippen molar-refractivity contribution in [2.24, 2.45) is 5.41 Å². The smallest absolute Gasteiger partial charge is 0.000482 e. The fourth-order valence-electron chi connectivity index (χ4n) is 4.48. The van der Waals surface area contributed by atoms with Crippen molar-refractivity contribution in [3.05, 3.63) is 35.4 Å². The fourth-order valence-corrected chi connectivity index (χ4v) is 4.48. The van der Waals surface area contributed by atoms with E-state index in [-0.39, 0.29) is 0 Å². The van der Waals surface area contributed by atoms with E-state index in [9.17, 15) is 0 Å². The Bertz CT molecular complexity index is 410. The van der Waals surface area contributed by atoms with Gasteiger partial charge in [0.05, 0.1) is 0 Å². The van der Waals surface area contributed by atoms with Crippen molar-refractivity contribution >= 4 is 0 Å². The van der Waals surface area contributed by atoms with E-state index < -0.39 is 0 Å². The number of aryl methyl sites for hydroxylation is 1. The highest BCUT2D eigenvalue weighted by Gasteiger charge is 2.49. The molecule has 3 saturated carbocycles. The van der Waals surface area contributed by atoms with Crippen molar-refractivity contribution < 1.29 is 0 Å². The van der Waals surface area contributed by atoms with E-state index in [4.69, 9.17) is 0 Å². The number of nitrogens with one attached hydrogen (secondary N) is 1. The molecule has 18 heavy (non-hydrogen) atoms. The van der Waals surface area contributed by atoms with Gasteiger partial charge in [-0.15, -0.1) is 0 Å². The lowest BCUT2D eigenvalue weighted by molar-refractivity contribution is 0.0412. The highest BCUT2D eigenvalue weighted by atomic mass is 14.8. The van der Waals surface area contributed by atoms with Crippen molar-refractivity contribution in [3.8, 4) is 0 Å². The van der Waals surface area contributed by atoms with Crippen LogP contribution in [0.3, 0.4) is 0 Å². The predicted molar refractivity (Wildman–Crippen MR) is 76.9 cm³/mol. The molecule has 3 aliphatic carbocycles. The molecule has 0 spiro atoms. The molecule has 3 fully saturated rings. The normalized spacial score (nSPS) is 34.8. The van der Waals surface area contributed by atoms with E-state index in [0.29, 0.717) is 10.8 Å². The summed E-state index contributed by atoms with van der Waals surface area (Å²) in [6.45, 7) is 3.50. The lowest BCUT2D eigenvalue weighted by Crippen LogP contribution is -2.48. The van der Waals surface area contributed by atoms with E-state index in [1.807, 2.05) is 0 Å². The monoisotopic (exact) mass is 243 g/mol. The zero-order chi connectivity index (χ0) is 12.6. The van der Waals surface area contributed by atoms with E-state index in [2.05, 4.69) is 43.6 Å². The molecule has 2 bridgehead atoms. The minimum Gasteiger partial charge on any atom is -0.319 e. The molecule has 1 nitrogen and oxygen atoms in total. The van der Waals surface area contributed by atoms with Gasteiger partial charge < -0.3 is 5.32 Å². The van der Waals surface area contributed by atoms with Gasteiger partial charge in [-0.05, 0) is 74.5 Å². The molecular formula is C17H25N. The number of fused-ring (bicyclic) bond motifs is 3. The molecule has 1 heteroatoms. The van der Waals surface area contributed by atoms with Crippen LogP contribution in [-0.4, -0.2) is 13.6 Å². The molecule has 0 atom stereocenters. The van der Waals surface area contributed by atoms with Crippen LogP contribution in [0.15, 0.2) is 24.3 Å². The van der Waals surface area contributed by atoms with Crippen molar-refractivity contribution in [1.82, 2.24) is 5.32 Å². The lowest BCUT2D eigenvalue weighted by atomic mass is 9.51. The van der Waals surface area contributed by atoms with Crippen LogP contribution < -0.4 is 5.32 Å². The van der Waals surface area contributed by atoms with Gasteiger partial charge in [0.25, 0.3) is 0 Å². The van der Waals surface area contributed by atoms with Gasteiger partial charge in [-0.1, -0.05) is 24.3 Å². The van der Waals surface area contributed by atoms with Gasteiger partial charge in [-0.3, -0.25) is 0 Å². The molecule has 0 amide bonds. The van der Waals surface area contributed by atoms with Crippen LogP contribution in [0, 0.1) is 12.3 Å². The quantitative estimate of drug-likeness (QED) is 0.851. The van der Waals surface area contributed by atoms with Gasteiger partial charge in [0.15, 0.2) is 0 Å². The third-order valence-electron chi connectivity index (χ3n) is 5.67. The summed E-state index contributed by atoms with van der Waals surface area (Å²) < 4.78 is 0. The van der Waals surface area contributed by atoms with Crippen molar-refractivity contribution in [3.63, 3.8) is 0 Å². The van der Waals surface area contributed by atoms with Gasteiger partial charge in [-0.2, -0.15) is 0 Å². The Kier molecular flexibility index (Phi) is 2.97. The van der Waals surface area contributed by atoms with Gasteiger partial charge in [0.2, 0.25) is 0 Å². The Morgan fingerprint density at radius 1 is 1.00 bits per heavy atom. The van der Waals surface area contributed by atoms with Crippen molar-refractivity contribution in [2.75, 3.05) is 13.6 Å². The van der Waals surface area contributed by atoms with Crippen LogP contribution in [0.4, 0.5) is 0 Å². The molecule has 0 unspecified atom stereocenters. The molecule has 0 saturated heterocycles. The molecule has 1 N–H and O–H groups in total. The molecule has 0 radical (unpaired) electrons. The summed E-state index contributed by atoms with van der Waals surface area (Å²) in [4.78, 5) is 0. The standard InChI is InChI=1S/C17H25N/c1-14-5-3-4-6-15(14)17-10-7-16(8-11-17,9-12-17)13-18-2/h3-6,18H,7-13H2,1-2H3. The molecule has 3 aliphatic rings. The molecule has 4 rings (SSSR count). The second kappa shape index (κ2) is 4.38. The number of rotatable bonds is 3. The van der Waals surface area contributed by atoms with Crippen LogP contribution in [0.5, 0.6) is 0 Å². The average molecular weight is 243 g/mol. The van der Waals surface area contributed by atoms with E-state index in [1.54, 1.807) is 5.56 Å². The minimum absolute atomic E-state index is 0.515. The zero-order valence-corrected chi connectivity index (χ0v) is 11.8. The predicted octanol–water partition coefficient (Wildman–Crippen LogP) is 3.81. The number of hydrogen-bond donors (Lipinski definition) is 1. The van der Waals surface area contributed by atoms with Gasteiger partial charge in [0, 0.05) is 6.54 Å². The van der Waals surface area contributed by atoms with E-state index in [0.717, 1.165) is 0 Å². The summed E-state index contributed by atoms with van der Waals surface area (Å²) in [6.07, 6.45) is 8.46. The third-order valence-corrected chi connectivity index (χ3v) is 5.67. The minimum atomic E-state index is 0.515. The van der Waals surface area contributed by atoms with Crippen molar-refractivity contribution in [1.29, 1.82) is 0 Å². The molecule has 0 heterocycles. The summed E-state index contributed by atoms with van der Waals surface area (Å²) in [5.41, 5.74) is 4.28. The van der Waals surface area contributed by atoms with E-state index in [1.165, 1.54) is 50.6 Å². The zero-order valence-electron chi connectivity index (χ0n) is 11.8. The van der Waals surface area contributed by atoms with Crippen molar-refractivity contribution in [2.45, 2.75) is 50.9 Å². The van der Waals surface area contributed by atoms with Gasteiger partial charge in [0.1, 0.15) is 0 Å². The van der Waals surface area contributed by atoms with Gasteiger partial charge >= 0.3 is 0 Å². The average Bonchev–Trinajstić information content (AvgIpc) is 2.41. The molecule has 1 aromatic carbocycles. The first kappa shape index (κ1) is 12.2. The maximum absolute atomic E-state index is 3.42.